The standard InChI is InChI=1S/C19H17ClN4O5S/c1-29-19(28)24-18(30)22-14-9-12(16(26)11-5-3-2-4-6-11)7-8-13(14)21-17(27)23-15(25)10-20/h2-9H,10H2,1H3,(H2,21,23,25,27)(H2,22,24,28,30). The van der Waals surface area contributed by atoms with E-state index in [1.54, 1.807) is 30.3 Å². The molecule has 0 unspecified atom stereocenters. The van der Waals surface area contributed by atoms with Gasteiger partial charge in [-0.05, 0) is 30.4 Å². The monoisotopic (exact) mass is 448 g/mol. The van der Waals surface area contributed by atoms with Gasteiger partial charge in [0.25, 0.3) is 0 Å². The number of carbonyl (C=O) groups is 4. The van der Waals surface area contributed by atoms with E-state index in [0.717, 1.165) is 0 Å². The van der Waals surface area contributed by atoms with Crippen LogP contribution in [0.5, 0.6) is 0 Å². The predicted molar refractivity (Wildman–Crippen MR) is 116 cm³/mol. The van der Waals surface area contributed by atoms with Gasteiger partial charge in [0, 0.05) is 11.1 Å². The van der Waals surface area contributed by atoms with Crippen LogP contribution in [-0.4, -0.2) is 41.9 Å². The second-order valence-corrected chi connectivity index (χ2v) is 6.34. The first-order valence-electron chi connectivity index (χ1n) is 8.40. The maximum absolute atomic E-state index is 12.7. The molecule has 2 aromatic carbocycles. The first-order chi connectivity index (χ1) is 14.3. The van der Waals surface area contributed by atoms with Crippen molar-refractivity contribution in [2.24, 2.45) is 0 Å². The number of amides is 4. The van der Waals surface area contributed by atoms with Crippen LogP contribution < -0.4 is 21.3 Å². The number of benzene rings is 2. The number of imide groups is 1. The molecule has 156 valence electrons. The molecule has 0 saturated carbocycles. The molecule has 2 rings (SSSR count). The van der Waals surface area contributed by atoms with Crippen molar-refractivity contribution in [3.05, 3.63) is 59.7 Å². The molecular weight excluding hydrogens is 432 g/mol. The summed E-state index contributed by atoms with van der Waals surface area (Å²) in [4.78, 5) is 47.3. The number of methoxy groups -OCH3 is 1. The van der Waals surface area contributed by atoms with Crippen molar-refractivity contribution in [1.82, 2.24) is 10.6 Å². The molecule has 4 amide bonds. The number of ketones is 1. The molecule has 9 nitrogen and oxygen atoms in total. The summed E-state index contributed by atoms with van der Waals surface area (Å²) >= 11 is 10.4. The van der Waals surface area contributed by atoms with E-state index in [4.69, 9.17) is 23.8 Å². The van der Waals surface area contributed by atoms with Crippen molar-refractivity contribution >= 4 is 64.1 Å². The topological polar surface area (TPSA) is 126 Å². The van der Waals surface area contributed by atoms with E-state index in [-0.39, 0.29) is 22.3 Å². The third kappa shape index (κ3) is 6.54. The first-order valence-corrected chi connectivity index (χ1v) is 9.35. The highest BCUT2D eigenvalue weighted by Crippen LogP contribution is 2.25. The van der Waals surface area contributed by atoms with Crippen LogP contribution in [0.2, 0.25) is 0 Å². The molecule has 0 heterocycles. The number of nitrogens with one attached hydrogen (secondary N) is 4. The van der Waals surface area contributed by atoms with Gasteiger partial charge in [0.1, 0.15) is 5.88 Å². The maximum Gasteiger partial charge on any atom is 0.413 e. The summed E-state index contributed by atoms with van der Waals surface area (Å²) in [6, 6.07) is 12.1. The third-order valence-electron chi connectivity index (χ3n) is 3.59. The van der Waals surface area contributed by atoms with Crippen LogP contribution in [0.1, 0.15) is 15.9 Å². The normalized spacial score (nSPS) is 9.80. The molecule has 11 heteroatoms. The van der Waals surface area contributed by atoms with Crippen LogP contribution in [0.15, 0.2) is 48.5 Å². The zero-order valence-corrected chi connectivity index (χ0v) is 17.2. The fourth-order valence-electron chi connectivity index (χ4n) is 2.26. The van der Waals surface area contributed by atoms with Gasteiger partial charge in [-0.25, -0.2) is 9.59 Å². The average Bonchev–Trinajstić information content (AvgIpc) is 2.74. The molecule has 0 spiro atoms. The Hall–Kier alpha value is -3.50. The van der Waals surface area contributed by atoms with Crippen molar-refractivity contribution in [3.8, 4) is 0 Å². The van der Waals surface area contributed by atoms with Gasteiger partial charge in [-0.2, -0.15) is 0 Å². The molecule has 0 radical (unpaired) electrons. The Balaban J connectivity index is 2.32. The Kier molecular flexibility index (Phi) is 8.27. The zero-order valence-electron chi connectivity index (χ0n) is 15.7. The number of anilines is 2. The summed E-state index contributed by atoms with van der Waals surface area (Å²) in [6.45, 7) is 0. The number of carbonyl (C=O) groups excluding carboxylic acids is 4. The van der Waals surface area contributed by atoms with Gasteiger partial charge >= 0.3 is 12.1 Å². The second kappa shape index (κ2) is 10.9. The lowest BCUT2D eigenvalue weighted by Crippen LogP contribution is -2.36. The van der Waals surface area contributed by atoms with E-state index < -0.39 is 23.9 Å². The molecule has 0 aliphatic carbocycles. The number of halogens is 1. The third-order valence-corrected chi connectivity index (χ3v) is 4.04. The molecule has 0 bridgehead atoms. The van der Waals surface area contributed by atoms with Gasteiger partial charge in [-0.1, -0.05) is 30.3 Å². The number of rotatable bonds is 5. The van der Waals surface area contributed by atoms with Crippen LogP contribution in [-0.2, 0) is 9.53 Å². The Morgan fingerprint density at radius 3 is 2.27 bits per heavy atom. The highest BCUT2D eigenvalue weighted by molar-refractivity contribution is 7.80. The van der Waals surface area contributed by atoms with E-state index in [9.17, 15) is 19.2 Å². The van der Waals surface area contributed by atoms with Gasteiger partial charge in [0.2, 0.25) is 5.91 Å². The van der Waals surface area contributed by atoms with Crippen molar-refractivity contribution < 1.29 is 23.9 Å². The molecule has 0 saturated heterocycles. The van der Waals surface area contributed by atoms with Crippen molar-refractivity contribution in [1.29, 1.82) is 0 Å². The minimum Gasteiger partial charge on any atom is -0.453 e. The fraction of sp³-hybridized carbons (Fsp3) is 0.105. The van der Waals surface area contributed by atoms with E-state index in [0.29, 0.717) is 11.1 Å². The molecule has 0 aliphatic rings. The van der Waals surface area contributed by atoms with E-state index in [1.807, 2.05) is 5.32 Å². The molecule has 0 atom stereocenters. The molecule has 30 heavy (non-hydrogen) atoms. The molecule has 0 aliphatic heterocycles. The van der Waals surface area contributed by atoms with Crippen LogP contribution >= 0.6 is 23.8 Å². The van der Waals surface area contributed by atoms with E-state index in [1.165, 1.54) is 25.3 Å². The van der Waals surface area contributed by atoms with Crippen molar-refractivity contribution in [3.63, 3.8) is 0 Å². The Morgan fingerprint density at radius 1 is 0.933 bits per heavy atom. The lowest BCUT2D eigenvalue weighted by molar-refractivity contribution is -0.117. The number of hydrogen-bond acceptors (Lipinski definition) is 6. The van der Waals surface area contributed by atoms with Gasteiger partial charge in [0.15, 0.2) is 10.9 Å². The summed E-state index contributed by atoms with van der Waals surface area (Å²) in [7, 11) is 1.17. The fourth-order valence-corrected chi connectivity index (χ4v) is 2.53. The summed E-state index contributed by atoms with van der Waals surface area (Å²) in [5, 5.41) is 9.30. The number of hydrogen-bond donors (Lipinski definition) is 4. The van der Waals surface area contributed by atoms with Crippen molar-refractivity contribution in [2.45, 2.75) is 0 Å². The number of thiocarbonyl (C=S) groups is 1. The molecule has 0 fully saturated rings. The Morgan fingerprint density at radius 2 is 1.63 bits per heavy atom. The summed E-state index contributed by atoms with van der Waals surface area (Å²) in [5.41, 5.74) is 1.15. The maximum atomic E-state index is 12.7. The Labute approximate surface area is 182 Å². The number of alkyl halides is 1. The highest BCUT2D eigenvalue weighted by atomic mass is 35.5. The van der Waals surface area contributed by atoms with Gasteiger partial charge in [-0.3, -0.25) is 20.2 Å². The predicted octanol–water partition coefficient (Wildman–Crippen LogP) is 2.86. The lowest BCUT2D eigenvalue weighted by Gasteiger charge is -2.15. The molecule has 2 aromatic rings. The number of alkyl carbamates (subject to hydrolysis) is 1. The SMILES string of the molecule is COC(=O)NC(=S)Nc1cc(C(=O)c2ccccc2)ccc1NC(=O)NC(=O)CCl. The van der Waals surface area contributed by atoms with Gasteiger partial charge in [-0.15, -0.1) is 11.6 Å². The van der Waals surface area contributed by atoms with Gasteiger partial charge in [0.05, 0.1) is 18.5 Å². The lowest BCUT2D eigenvalue weighted by atomic mass is 10.0. The quantitative estimate of drug-likeness (QED) is 0.315. The first kappa shape index (κ1) is 22.8. The zero-order chi connectivity index (χ0) is 22.1. The van der Waals surface area contributed by atoms with Crippen LogP contribution in [0.3, 0.4) is 0 Å². The smallest absolute Gasteiger partial charge is 0.413 e. The van der Waals surface area contributed by atoms with E-state index in [2.05, 4.69) is 20.7 Å². The molecular formula is C19H17ClN4O5S. The van der Waals surface area contributed by atoms with Crippen molar-refractivity contribution in [2.75, 3.05) is 23.6 Å². The minimum atomic E-state index is -0.835. The molecule has 4 N–H and O–H groups in total. The van der Waals surface area contributed by atoms with Crippen LogP contribution in [0, 0.1) is 0 Å². The second-order valence-electron chi connectivity index (χ2n) is 5.66. The summed E-state index contributed by atoms with van der Waals surface area (Å²) in [5.74, 6) is -1.35. The average molecular weight is 449 g/mol. The number of urea groups is 1. The Bertz CT molecular complexity index is 984. The highest BCUT2D eigenvalue weighted by Gasteiger charge is 2.15. The largest absolute Gasteiger partial charge is 0.453 e. The van der Waals surface area contributed by atoms with E-state index >= 15 is 0 Å². The minimum absolute atomic E-state index is 0.133. The summed E-state index contributed by atoms with van der Waals surface area (Å²) in [6.07, 6.45) is -0.802. The number of ether oxygens (including phenoxy) is 1. The molecule has 0 aromatic heterocycles. The van der Waals surface area contributed by atoms with Gasteiger partial charge < -0.3 is 15.4 Å². The van der Waals surface area contributed by atoms with Crippen LogP contribution in [0.25, 0.3) is 0 Å². The van der Waals surface area contributed by atoms with Crippen LogP contribution in [0.4, 0.5) is 21.0 Å². The summed E-state index contributed by atoms with van der Waals surface area (Å²) < 4.78 is 4.47.